The molecule has 2 saturated heterocycles. The molecule has 2 aromatic carbocycles. The minimum Gasteiger partial charge on any atom is -0.484 e. The van der Waals surface area contributed by atoms with Crippen LogP contribution < -0.4 is 4.74 Å². The van der Waals surface area contributed by atoms with Crippen LogP contribution in [0.25, 0.3) is 0 Å². The second-order valence-electron chi connectivity index (χ2n) is 7.82. The van der Waals surface area contributed by atoms with Gasteiger partial charge in [-0.25, -0.2) is 8.78 Å². The van der Waals surface area contributed by atoms with Crippen molar-refractivity contribution < 1.29 is 23.0 Å². The average Bonchev–Trinajstić information content (AvgIpc) is 3.11. The summed E-state index contributed by atoms with van der Waals surface area (Å²) in [5.74, 6) is -1.18. The highest BCUT2D eigenvalue weighted by Crippen LogP contribution is 2.33. The standard InChI is InChI=1S/C22H23ClF2N2O3/c23-17-2-1-3-18(11-17)29-13-21(28)27-8-6-22(7-9-27)14-26(15-30-22)12-16-4-5-19(24)20(25)10-16/h1-5,10-11H,6-9,12-15H2. The summed E-state index contributed by atoms with van der Waals surface area (Å²) >= 11 is 5.93. The van der Waals surface area contributed by atoms with Gasteiger partial charge < -0.3 is 14.4 Å². The van der Waals surface area contributed by atoms with Crippen LogP contribution in [0.1, 0.15) is 18.4 Å². The van der Waals surface area contributed by atoms with Crippen molar-refractivity contribution in [2.24, 2.45) is 0 Å². The quantitative estimate of drug-likeness (QED) is 0.714. The molecule has 0 radical (unpaired) electrons. The Morgan fingerprint density at radius 3 is 2.67 bits per heavy atom. The highest BCUT2D eigenvalue weighted by atomic mass is 35.5. The van der Waals surface area contributed by atoms with Gasteiger partial charge in [0.05, 0.1) is 5.60 Å². The van der Waals surface area contributed by atoms with E-state index in [9.17, 15) is 13.6 Å². The Hall–Kier alpha value is -2.22. The van der Waals surface area contributed by atoms with Crippen molar-refractivity contribution in [2.45, 2.75) is 25.0 Å². The number of nitrogens with zero attached hydrogens (tertiary/aromatic N) is 2. The molecule has 2 aliphatic heterocycles. The van der Waals surface area contributed by atoms with Crippen molar-refractivity contribution in [1.82, 2.24) is 9.80 Å². The molecule has 0 atom stereocenters. The molecule has 0 saturated carbocycles. The molecule has 2 aliphatic rings. The highest BCUT2D eigenvalue weighted by molar-refractivity contribution is 6.30. The summed E-state index contributed by atoms with van der Waals surface area (Å²) in [5.41, 5.74) is 0.406. The molecule has 8 heteroatoms. The van der Waals surface area contributed by atoms with Crippen LogP contribution in [0.4, 0.5) is 8.78 Å². The second kappa shape index (κ2) is 8.88. The maximum Gasteiger partial charge on any atom is 0.260 e. The van der Waals surface area contributed by atoms with Gasteiger partial charge in [-0.3, -0.25) is 9.69 Å². The summed E-state index contributed by atoms with van der Waals surface area (Å²) in [6.45, 7) is 2.79. The largest absolute Gasteiger partial charge is 0.484 e. The molecule has 2 heterocycles. The van der Waals surface area contributed by atoms with Crippen LogP contribution in [-0.4, -0.2) is 54.3 Å². The molecule has 0 aromatic heterocycles. The molecule has 1 amide bonds. The minimum atomic E-state index is -0.843. The Bertz CT molecular complexity index is 919. The Kier molecular flexibility index (Phi) is 6.22. The van der Waals surface area contributed by atoms with Crippen molar-refractivity contribution in [3.8, 4) is 5.75 Å². The Morgan fingerprint density at radius 1 is 1.13 bits per heavy atom. The summed E-state index contributed by atoms with van der Waals surface area (Å²) in [6, 6.07) is 10.9. The van der Waals surface area contributed by atoms with E-state index in [0.29, 0.717) is 49.2 Å². The Labute approximate surface area is 179 Å². The molecule has 2 aromatic rings. The van der Waals surface area contributed by atoms with Crippen LogP contribution in [0.3, 0.4) is 0 Å². The number of hydrogen-bond acceptors (Lipinski definition) is 4. The van der Waals surface area contributed by atoms with Crippen LogP contribution in [0, 0.1) is 11.6 Å². The molecular weight excluding hydrogens is 414 g/mol. The molecule has 0 unspecified atom stereocenters. The summed E-state index contributed by atoms with van der Waals surface area (Å²) in [7, 11) is 0. The molecule has 1 spiro atoms. The third kappa shape index (κ3) is 4.91. The van der Waals surface area contributed by atoms with Crippen molar-refractivity contribution in [1.29, 1.82) is 0 Å². The number of halogens is 3. The SMILES string of the molecule is O=C(COc1cccc(Cl)c1)N1CCC2(CC1)CN(Cc1ccc(F)c(F)c1)CO2. The predicted molar refractivity (Wildman–Crippen MR) is 108 cm³/mol. The van der Waals surface area contributed by atoms with Crippen LogP contribution >= 0.6 is 11.6 Å². The zero-order chi connectivity index (χ0) is 21.1. The Balaban J connectivity index is 1.25. The number of ether oxygens (including phenoxy) is 2. The van der Waals surface area contributed by atoms with Gasteiger partial charge in [0.25, 0.3) is 5.91 Å². The van der Waals surface area contributed by atoms with Gasteiger partial charge in [-0.2, -0.15) is 0 Å². The zero-order valence-corrected chi connectivity index (χ0v) is 17.2. The van der Waals surface area contributed by atoms with Gasteiger partial charge in [0.1, 0.15) is 12.5 Å². The smallest absolute Gasteiger partial charge is 0.260 e. The summed E-state index contributed by atoms with van der Waals surface area (Å²) < 4.78 is 38.2. The van der Waals surface area contributed by atoms with E-state index in [1.54, 1.807) is 35.2 Å². The van der Waals surface area contributed by atoms with Gasteiger partial charge in [0, 0.05) is 31.2 Å². The molecule has 160 valence electrons. The van der Waals surface area contributed by atoms with Crippen LogP contribution in [0.2, 0.25) is 5.02 Å². The first-order valence-electron chi connectivity index (χ1n) is 9.89. The lowest BCUT2D eigenvalue weighted by molar-refractivity contribution is -0.137. The third-order valence-electron chi connectivity index (χ3n) is 5.64. The molecule has 0 aliphatic carbocycles. The van der Waals surface area contributed by atoms with E-state index >= 15 is 0 Å². The lowest BCUT2D eigenvalue weighted by Gasteiger charge is -2.38. The second-order valence-corrected chi connectivity index (χ2v) is 8.26. The molecule has 2 fully saturated rings. The van der Waals surface area contributed by atoms with Crippen LogP contribution in [0.15, 0.2) is 42.5 Å². The van der Waals surface area contributed by atoms with E-state index in [1.165, 1.54) is 6.07 Å². The minimum absolute atomic E-state index is 0.0313. The van der Waals surface area contributed by atoms with Crippen LogP contribution in [0.5, 0.6) is 5.75 Å². The van der Waals surface area contributed by atoms with Crippen molar-refractivity contribution in [2.75, 3.05) is 33.0 Å². The number of hydrogen-bond donors (Lipinski definition) is 0. The third-order valence-corrected chi connectivity index (χ3v) is 5.88. The molecule has 5 nitrogen and oxygen atoms in total. The molecular formula is C22H23ClF2N2O3. The lowest BCUT2D eigenvalue weighted by Crippen LogP contribution is -2.49. The number of benzene rings is 2. The van der Waals surface area contributed by atoms with Crippen molar-refractivity contribution in [3.63, 3.8) is 0 Å². The molecule has 30 heavy (non-hydrogen) atoms. The van der Waals surface area contributed by atoms with E-state index < -0.39 is 11.6 Å². The first-order chi connectivity index (χ1) is 14.4. The number of carbonyl (C=O) groups is 1. The zero-order valence-electron chi connectivity index (χ0n) is 16.5. The molecule has 0 N–H and O–H groups in total. The normalized spacial score (nSPS) is 18.7. The maximum atomic E-state index is 13.4. The van der Waals surface area contributed by atoms with Crippen molar-refractivity contribution in [3.05, 3.63) is 64.7 Å². The highest BCUT2D eigenvalue weighted by Gasteiger charge is 2.42. The average molecular weight is 437 g/mol. The van der Waals surface area contributed by atoms with Gasteiger partial charge in [0.15, 0.2) is 18.2 Å². The first kappa shape index (κ1) is 21.0. The number of likely N-dealkylation sites (tertiary alicyclic amines) is 1. The fourth-order valence-electron chi connectivity index (χ4n) is 3.98. The van der Waals surface area contributed by atoms with E-state index in [-0.39, 0.29) is 18.1 Å². The van der Waals surface area contributed by atoms with Crippen molar-refractivity contribution >= 4 is 17.5 Å². The summed E-state index contributed by atoms with van der Waals surface area (Å²) in [4.78, 5) is 16.3. The first-order valence-corrected chi connectivity index (χ1v) is 10.3. The van der Waals surface area contributed by atoms with E-state index in [2.05, 4.69) is 4.90 Å². The number of amides is 1. The predicted octanol–water partition coefficient (Wildman–Crippen LogP) is 3.85. The summed E-state index contributed by atoms with van der Waals surface area (Å²) in [6.07, 6.45) is 1.45. The summed E-state index contributed by atoms with van der Waals surface area (Å²) in [5, 5.41) is 0.561. The molecule has 0 bridgehead atoms. The van der Waals surface area contributed by atoms with Crippen LogP contribution in [-0.2, 0) is 16.1 Å². The number of piperidine rings is 1. The van der Waals surface area contributed by atoms with E-state index in [0.717, 1.165) is 18.9 Å². The van der Waals surface area contributed by atoms with Gasteiger partial charge in [-0.1, -0.05) is 23.7 Å². The van der Waals surface area contributed by atoms with E-state index in [4.69, 9.17) is 21.1 Å². The van der Waals surface area contributed by atoms with E-state index in [1.807, 2.05) is 0 Å². The maximum absolute atomic E-state index is 13.4. The Morgan fingerprint density at radius 2 is 1.93 bits per heavy atom. The molecule has 4 rings (SSSR count). The topological polar surface area (TPSA) is 42.0 Å². The van der Waals surface area contributed by atoms with Gasteiger partial charge in [-0.05, 0) is 48.7 Å². The van der Waals surface area contributed by atoms with Gasteiger partial charge in [-0.15, -0.1) is 0 Å². The number of rotatable bonds is 5. The van der Waals surface area contributed by atoms with Gasteiger partial charge >= 0.3 is 0 Å². The van der Waals surface area contributed by atoms with Gasteiger partial charge in [0.2, 0.25) is 0 Å². The fraction of sp³-hybridized carbons (Fsp3) is 0.409. The lowest BCUT2D eigenvalue weighted by atomic mass is 9.91. The number of carbonyl (C=O) groups excluding carboxylic acids is 1. The fourth-order valence-corrected chi connectivity index (χ4v) is 4.16. The monoisotopic (exact) mass is 436 g/mol.